The molecule has 2 aliphatic heterocycles. The highest BCUT2D eigenvalue weighted by molar-refractivity contribution is 5.84. The number of benzene rings is 1. The Morgan fingerprint density at radius 2 is 1.77 bits per heavy atom. The van der Waals surface area contributed by atoms with Crippen LogP contribution in [0.5, 0.6) is 11.5 Å². The summed E-state index contributed by atoms with van der Waals surface area (Å²) in [6.07, 6.45) is 5.29. The predicted molar refractivity (Wildman–Crippen MR) is 135 cm³/mol. The van der Waals surface area contributed by atoms with Crippen LogP contribution in [0, 0.1) is 5.41 Å². The number of anilines is 1. The lowest BCUT2D eigenvalue weighted by molar-refractivity contribution is -0.00294. The third-order valence-electron chi connectivity index (χ3n) is 7.87. The fraction of sp³-hybridized carbons (Fsp3) is 0.556. The number of aromatic nitrogens is 1. The molecule has 1 spiro atoms. The summed E-state index contributed by atoms with van der Waals surface area (Å²) in [6, 6.07) is 10.5. The molecule has 1 saturated carbocycles. The van der Waals surface area contributed by atoms with Crippen molar-refractivity contribution in [1.29, 1.82) is 0 Å². The van der Waals surface area contributed by atoms with Crippen molar-refractivity contribution in [2.45, 2.75) is 32.2 Å². The van der Waals surface area contributed by atoms with E-state index in [2.05, 4.69) is 15.9 Å². The van der Waals surface area contributed by atoms with E-state index in [9.17, 15) is 4.79 Å². The molecular formula is C27H36N4O4. The standard InChI is InChI=1S/C27H36N4O4/c1-4-35-26(32)31-18-27(19-31)11-10-20(17-27)29-13-15-30(16-14-29)25-21(7-6-12-28-25)24-22(33-2)8-5-9-23(24)34-3/h5-9,12,20H,4,10-11,13-19H2,1-3H3/t20-/m1/s1. The molecule has 5 rings (SSSR count). The molecule has 3 aliphatic rings. The Morgan fingerprint density at radius 1 is 1.06 bits per heavy atom. The molecule has 2 aromatic rings. The average molecular weight is 481 g/mol. The molecule has 1 amide bonds. The molecular weight excluding hydrogens is 444 g/mol. The first-order valence-electron chi connectivity index (χ1n) is 12.6. The molecule has 0 unspecified atom stereocenters. The van der Waals surface area contributed by atoms with Gasteiger partial charge in [-0.15, -0.1) is 0 Å². The maximum absolute atomic E-state index is 12.0. The Morgan fingerprint density at radius 3 is 2.43 bits per heavy atom. The Kier molecular flexibility index (Phi) is 6.73. The van der Waals surface area contributed by atoms with Gasteiger partial charge in [-0.2, -0.15) is 0 Å². The van der Waals surface area contributed by atoms with Crippen LogP contribution in [0.25, 0.3) is 11.1 Å². The molecule has 1 aromatic heterocycles. The van der Waals surface area contributed by atoms with Crippen LogP contribution in [0.4, 0.5) is 10.6 Å². The van der Waals surface area contributed by atoms with E-state index in [1.807, 2.05) is 42.3 Å². The van der Waals surface area contributed by atoms with Gasteiger partial charge in [0, 0.05) is 62.5 Å². The topological polar surface area (TPSA) is 67.4 Å². The second kappa shape index (κ2) is 9.93. The first kappa shape index (κ1) is 23.7. The molecule has 188 valence electrons. The van der Waals surface area contributed by atoms with Gasteiger partial charge in [0.25, 0.3) is 0 Å². The highest BCUT2D eigenvalue weighted by Crippen LogP contribution is 2.47. The summed E-state index contributed by atoms with van der Waals surface area (Å²) in [4.78, 5) is 23.7. The maximum Gasteiger partial charge on any atom is 0.409 e. The van der Waals surface area contributed by atoms with Gasteiger partial charge in [0.1, 0.15) is 17.3 Å². The Labute approximate surface area is 207 Å². The van der Waals surface area contributed by atoms with Crippen LogP contribution in [0.15, 0.2) is 36.5 Å². The number of hydrogen-bond donors (Lipinski definition) is 0. The lowest BCUT2D eigenvalue weighted by Gasteiger charge is -2.48. The first-order chi connectivity index (χ1) is 17.1. The quantitative estimate of drug-likeness (QED) is 0.621. The minimum absolute atomic E-state index is 0.159. The van der Waals surface area contributed by atoms with Crippen molar-refractivity contribution in [1.82, 2.24) is 14.8 Å². The third-order valence-corrected chi connectivity index (χ3v) is 7.87. The van der Waals surface area contributed by atoms with E-state index in [0.29, 0.717) is 18.1 Å². The van der Waals surface area contributed by atoms with E-state index in [-0.39, 0.29) is 6.09 Å². The van der Waals surface area contributed by atoms with Crippen molar-refractivity contribution in [3.63, 3.8) is 0 Å². The van der Waals surface area contributed by atoms with Gasteiger partial charge in [0.15, 0.2) is 0 Å². The van der Waals surface area contributed by atoms with E-state index in [4.69, 9.17) is 19.2 Å². The zero-order chi connectivity index (χ0) is 24.4. The molecule has 8 heteroatoms. The van der Waals surface area contributed by atoms with Crippen molar-refractivity contribution >= 4 is 11.9 Å². The number of amides is 1. The number of likely N-dealkylation sites (tertiary alicyclic amines) is 1. The molecule has 35 heavy (non-hydrogen) atoms. The summed E-state index contributed by atoms with van der Waals surface area (Å²) >= 11 is 0. The van der Waals surface area contributed by atoms with Crippen LogP contribution < -0.4 is 14.4 Å². The van der Waals surface area contributed by atoms with Crippen LogP contribution in [0.1, 0.15) is 26.2 Å². The van der Waals surface area contributed by atoms with Gasteiger partial charge >= 0.3 is 6.09 Å². The second-order valence-electron chi connectivity index (χ2n) is 9.89. The molecule has 0 N–H and O–H groups in total. The SMILES string of the molecule is CCOC(=O)N1CC2(CC[C@@H](N3CCN(c4ncccc4-c4c(OC)cccc4OC)CC3)C2)C1. The molecule has 3 heterocycles. The van der Waals surface area contributed by atoms with Crippen molar-refractivity contribution < 1.29 is 19.0 Å². The largest absolute Gasteiger partial charge is 0.496 e. The number of hydrogen-bond acceptors (Lipinski definition) is 7. The van der Waals surface area contributed by atoms with E-state index in [1.165, 1.54) is 19.3 Å². The normalized spacial score (nSPS) is 21.6. The number of piperazine rings is 1. The maximum atomic E-state index is 12.0. The number of ether oxygens (including phenoxy) is 3. The first-order valence-corrected chi connectivity index (χ1v) is 12.6. The highest BCUT2D eigenvalue weighted by Gasteiger charge is 2.51. The highest BCUT2D eigenvalue weighted by atomic mass is 16.6. The van der Waals surface area contributed by atoms with Gasteiger partial charge < -0.3 is 24.0 Å². The van der Waals surface area contributed by atoms with E-state index in [0.717, 1.165) is 67.7 Å². The monoisotopic (exact) mass is 480 g/mol. The minimum atomic E-state index is -0.159. The van der Waals surface area contributed by atoms with E-state index in [1.54, 1.807) is 14.2 Å². The Balaban J connectivity index is 1.24. The van der Waals surface area contributed by atoms with Gasteiger partial charge in [-0.25, -0.2) is 9.78 Å². The lowest BCUT2D eigenvalue weighted by Crippen LogP contribution is -2.58. The summed E-state index contributed by atoms with van der Waals surface area (Å²) in [6.45, 7) is 7.89. The van der Waals surface area contributed by atoms with Gasteiger partial charge in [-0.3, -0.25) is 4.90 Å². The average Bonchev–Trinajstić information content (AvgIpc) is 3.33. The van der Waals surface area contributed by atoms with Crippen molar-refractivity contribution in [3.8, 4) is 22.6 Å². The molecule has 0 bridgehead atoms. The second-order valence-corrected chi connectivity index (χ2v) is 9.89. The molecule has 2 saturated heterocycles. The van der Waals surface area contributed by atoms with Crippen LogP contribution in [0.3, 0.4) is 0 Å². The third kappa shape index (κ3) is 4.51. The van der Waals surface area contributed by atoms with Gasteiger partial charge in [-0.05, 0) is 50.5 Å². The predicted octanol–water partition coefficient (Wildman–Crippen LogP) is 3.90. The summed E-state index contributed by atoms with van der Waals surface area (Å²) in [5.41, 5.74) is 2.27. The van der Waals surface area contributed by atoms with Gasteiger partial charge in [0.2, 0.25) is 0 Å². The van der Waals surface area contributed by atoms with E-state index >= 15 is 0 Å². The van der Waals surface area contributed by atoms with Crippen LogP contribution in [-0.4, -0.2) is 87.0 Å². The van der Waals surface area contributed by atoms with Crippen molar-refractivity contribution in [2.75, 3.05) is 65.0 Å². The summed E-state index contributed by atoms with van der Waals surface area (Å²) in [5, 5.41) is 0. The molecule has 8 nitrogen and oxygen atoms in total. The summed E-state index contributed by atoms with van der Waals surface area (Å²) in [7, 11) is 3.38. The molecule has 0 radical (unpaired) electrons. The van der Waals surface area contributed by atoms with E-state index < -0.39 is 0 Å². The lowest BCUT2D eigenvalue weighted by atomic mass is 9.78. The van der Waals surface area contributed by atoms with Gasteiger partial charge in [-0.1, -0.05) is 6.07 Å². The number of nitrogens with zero attached hydrogens (tertiary/aromatic N) is 4. The molecule has 1 aromatic carbocycles. The van der Waals surface area contributed by atoms with Crippen molar-refractivity contribution in [3.05, 3.63) is 36.5 Å². The number of pyridine rings is 1. The van der Waals surface area contributed by atoms with Crippen molar-refractivity contribution in [2.24, 2.45) is 5.41 Å². The van der Waals surface area contributed by atoms with Crippen LogP contribution in [0.2, 0.25) is 0 Å². The summed E-state index contributed by atoms with van der Waals surface area (Å²) < 4.78 is 16.5. The van der Waals surface area contributed by atoms with Gasteiger partial charge in [0.05, 0.1) is 26.4 Å². The molecule has 1 aliphatic carbocycles. The zero-order valence-electron chi connectivity index (χ0n) is 21.0. The number of carbonyl (C=O) groups is 1. The fourth-order valence-electron chi connectivity index (χ4n) is 6.14. The molecule has 1 atom stereocenters. The molecule has 3 fully saturated rings. The fourth-order valence-corrected chi connectivity index (χ4v) is 6.14. The number of methoxy groups -OCH3 is 2. The minimum Gasteiger partial charge on any atom is -0.496 e. The smallest absolute Gasteiger partial charge is 0.409 e. The summed E-state index contributed by atoms with van der Waals surface area (Å²) in [5.74, 6) is 2.54. The van der Waals surface area contributed by atoms with Crippen LogP contribution in [-0.2, 0) is 4.74 Å². The Bertz CT molecular complexity index is 1020. The number of carbonyl (C=O) groups excluding carboxylic acids is 1. The zero-order valence-corrected chi connectivity index (χ0v) is 21.0. The Hall–Kier alpha value is -3.00. The number of rotatable bonds is 6. The van der Waals surface area contributed by atoms with Crippen LogP contribution >= 0.6 is 0 Å².